The molecule has 7 heteroatoms. The fourth-order valence-electron chi connectivity index (χ4n) is 1.23. The summed E-state index contributed by atoms with van der Waals surface area (Å²) in [5.74, 6) is -0.780. The zero-order valence-electron chi connectivity index (χ0n) is 8.94. The zero-order valence-corrected chi connectivity index (χ0v) is 8.94. The summed E-state index contributed by atoms with van der Waals surface area (Å²) in [5, 5.41) is 8.50. The van der Waals surface area contributed by atoms with E-state index >= 15 is 0 Å². The van der Waals surface area contributed by atoms with Gasteiger partial charge in [-0.3, -0.25) is 4.79 Å². The number of nitrogens with zero attached hydrogens (tertiary/aromatic N) is 2. The Morgan fingerprint density at radius 2 is 1.88 bits per heavy atom. The van der Waals surface area contributed by atoms with Crippen LogP contribution in [0.25, 0.3) is 0 Å². The van der Waals surface area contributed by atoms with Gasteiger partial charge in [-0.2, -0.15) is 13.2 Å². The molecule has 4 nitrogen and oxygen atoms in total. The van der Waals surface area contributed by atoms with E-state index in [0.717, 1.165) is 13.0 Å². The van der Waals surface area contributed by atoms with E-state index < -0.39 is 12.6 Å². The third kappa shape index (κ3) is 7.95. The Kier molecular flexibility index (Phi) is 7.15. The monoisotopic (exact) mass is 240 g/mol. The summed E-state index contributed by atoms with van der Waals surface area (Å²) >= 11 is 0. The second-order valence-corrected chi connectivity index (χ2v) is 3.14. The van der Waals surface area contributed by atoms with E-state index in [1.807, 2.05) is 12.4 Å². The van der Waals surface area contributed by atoms with Gasteiger partial charge in [0.1, 0.15) is 6.54 Å². The van der Waals surface area contributed by atoms with Crippen LogP contribution < -0.4 is 0 Å². The van der Waals surface area contributed by atoms with E-state index in [1.165, 1.54) is 0 Å². The van der Waals surface area contributed by atoms with Gasteiger partial charge in [-0.15, -0.1) is 0 Å². The summed E-state index contributed by atoms with van der Waals surface area (Å²) in [5.41, 5.74) is 0. The number of carboxylic acid groups (broad SMARTS) is 1. The standard InChI is InChI=1S/C8H14N2O2.CHF3/c1-2-3-9-4-5-10(7-9)6-8(11)12;2-1(3)4/h4-5H,2-3,6-7H2,1H3,(H,11,12);1H. The number of hydrogen-bond donors (Lipinski definition) is 1. The Balaban J connectivity index is 0.000000487. The van der Waals surface area contributed by atoms with Gasteiger partial charge in [0, 0.05) is 18.9 Å². The van der Waals surface area contributed by atoms with Crippen LogP contribution in [0.4, 0.5) is 13.2 Å². The van der Waals surface area contributed by atoms with Crippen molar-refractivity contribution in [1.29, 1.82) is 0 Å². The molecule has 0 radical (unpaired) electrons. The molecule has 0 saturated carbocycles. The molecule has 0 bridgehead atoms. The second-order valence-electron chi connectivity index (χ2n) is 3.14. The topological polar surface area (TPSA) is 43.8 Å². The number of alkyl halides is 3. The van der Waals surface area contributed by atoms with Crippen LogP contribution in [0.1, 0.15) is 13.3 Å². The average molecular weight is 240 g/mol. The van der Waals surface area contributed by atoms with Crippen LogP contribution in [-0.4, -0.2) is 47.3 Å². The van der Waals surface area contributed by atoms with Crippen LogP contribution in [-0.2, 0) is 4.79 Å². The molecule has 1 rings (SSSR count). The maximum Gasteiger partial charge on any atom is 0.379 e. The lowest BCUT2D eigenvalue weighted by Crippen LogP contribution is -2.29. The Labute approximate surface area is 91.9 Å². The van der Waals surface area contributed by atoms with Gasteiger partial charge >= 0.3 is 12.6 Å². The largest absolute Gasteiger partial charge is 0.480 e. The molecule has 0 fully saturated rings. The first-order chi connectivity index (χ1) is 7.45. The minimum Gasteiger partial charge on any atom is -0.480 e. The van der Waals surface area contributed by atoms with Crippen LogP contribution in [0.2, 0.25) is 0 Å². The number of halogens is 3. The van der Waals surface area contributed by atoms with E-state index in [4.69, 9.17) is 5.11 Å². The quantitative estimate of drug-likeness (QED) is 0.812. The average Bonchev–Trinajstić information content (AvgIpc) is 2.51. The van der Waals surface area contributed by atoms with Crippen molar-refractivity contribution in [3.63, 3.8) is 0 Å². The SMILES string of the molecule is CCCN1C=CN(CC(=O)O)C1.FC(F)F. The molecule has 94 valence electrons. The van der Waals surface area contributed by atoms with Gasteiger partial charge in [0.05, 0.1) is 6.67 Å². The number of hydrogen-bond acceptors (Lipinski definition) is 3. The van der Waals surface area contributed by atoms with Gasteiger partial charge in [0.15, 0.2) is 0 Å². The Morgan fingerprint density at radius 1 is 1.38 bits per heavy atom. The van der Waals surface area contributed by atoms with Gasteiger partial charge in [0.2, 0.25) is 0 Å². The first-order valence-corrected chi connectivity index (χ1v) is 4.76. The summed E-state index contributed by atoms with van der Waals surface area (Å²) in [6.07, 6.45) is 4.85. The lowest BCUT2D eigenvalue weighted by molar-refractivity contribution is -0.137. The summed E-state index contributed by atoms with van der Waals surface area (Å²) in [4.78, 5) is 14.2. The van der Waals surface area contributed by atoms with Crippen molar-refractivity contribution in [3.8, 4) is 0 Å². The van der Waals surface area contributed by atoms with Crippen molar-refractivity contribution in [3.05, 3.63) is 12.4 Å². The van der Waals surface area contributed by atoms with Crippen molar-refractivity contribution >= 4 is 5.97 Å². The highest BCUT2D eigenvalue weighted by molar-refractivity contribution is 5.69. The normalized spacial score (nSPS) is 14.1. The molecule has 0 aromatic carbocycles. The fraction of sp³-hybridized carbons (Fsp3) is 0.667. The van der Waals surface area contributed by atoms with Crippen LogP contribution in [0.5, 0.6) is 0 Å². The van der Waals surface area contributed by atoms with E-state index in [0.29, 0.717) is 6.67 Å². The van der Waals surface area contributed by atoms with Gasteiger partial charge in [-0.1, -0.05) is 6.92 Å². The zero-order chi connectivity index (χ0) is 12.6. The molecule has 0 spiro atoms. The predicted molar refractivity (Wildman–Crippen MR) is 52.5 cm³/mol. The molecule has 1 aliphatic rings. The molecule has 0 aromatic heterocycles. The summed E-state index contributed by atoms with van der Waals surface area (Å²) < 4.78 is 29.0. The highest BCUT2D eigenvalue weighted by Crippen LogP contribution is 2.05. The molecule has 0 unspecified atom stereocenters. The van der Waals surface area contributed by atoms with Crippen molar-refractivity contribution in [2.75, 3.05) is 19.8 Å². The van der Waals surface area contributed by atoms with Crippen LogP contribution >= 0.6 is 0 Å². The van der Waals surface area contributed by atoms with Crippen molar-refractivity contribution in [1.82, 2.24) is 9.80 Å². The Morgan fingerprint density at radius 3 is 2.31 bits per heavy atom. The van der Waals surface area contributed by atoms with Gasteiger partial charge in [-0.05, 0) is 6.42 Å². The van der Waals surface area contributed by atoms with E-state index in [9.17, 15) is 18.0 Å². The third-order valence-electron chi connectivity index (χ3n) is 1.70. The molecule has 0 saturated heterocycles. The van der Waals surface area contributed by atoms with Crippen molar-refractivity contribution in [2.24, 2.45) is 0 Å². The number of aliphatic carboxylic acids is 1. The van der Waals surface area contributed by atoms with E-state index in [1.54, 1.807) is 4.90 Å². The van der Waals surface area contributed by atoms with Crippen molar-refractivity contribution in [2.45, 2.75) is 20.0 Å². The highest BCUT2D eigenvalue weighted by Gasteiger charge is 2.12. The van der Waals surface area contributed by atoms with Gasteiger partial charge in [-0.25, -0.2) is 0 Å². The minimum atomic E-state index is -3.67. The molecule has 1 aliphatic heterocycles. The molecular formula is C9H15F3N2O2. The maximum absolute atomic E-state index is 10.3. The smallest absolute Gasteiger partial charge is 0.379 e. The summed E-state index contributed by atoms with van der Waals surface area (Å²) in [6.45, 7) is 0.233. The van der Waals surface area contributed by atoms with E-state index in [-0.39, 0.29) is 6.54 Å². The molecule has 1 heterocycles. The minimum absolute atomic E-state index is 0.0940. The Hall–Kier alpha value is -1.40. The van der Waals surface area contributed by atoms with Crippen LogP contribution in [0.15, 0.2) is 12.4 Å². The number of rotatable bonds is 4. The Bertz CT molecular complexity index is 234. The molecular weight excluding hydrogens is 225 g/mol. The van der Waals surface area contributed by atoms with Gasteiger partial charge < -0.3 is 14.9 Å². The molecule has 0 atom stereocenters. The van der Waals surface area contributed by atoms with E-state index in [2.05, 4.69) is 11.8 Å². The highest BCUT2D eigenvalue weighted by atomic mass is 19.4. The lowest BCUT2D eigenvalue weighted by atomic mass is 10.4. The second kappa shape index (κ2) is 7.84. The first kappa shape index (κ1) is 14.6. The third-order valence-corrected chi connectivity index (χ3v) is 1.70. The molecule has 0 amide bonds. The maximum atomic E-state index is 10.3. The lowest BCUT2D eigenvalue weighted by Gasteiger charge is -2.18. The fourth-order valence-corrected chi connectivity index (χ4v) is 1.23. The molecule has 0 aliphatic carbocycles. The van der Waals surface area contributed by atoms with Crippen LogP contribution in [0, 0.1) is 0 Å². The molecule has 16 heavy (non-hydrogen) atoms. The number of carboxylic acids is 1. The number of carbonyl (C=O) groups is 1. The van der Waals surface area contributed by atoms with Crippen LogP contribution in [0.3, 0.4) is 0 Å². The molecule has 0 aromatic rings. The van der Waals surface area contributed by atoms with Gasteiger partial charge in [0.25, 0.3) is 0 Å². The van der Waals surface area contributed by atoms with Crippen molar-refractivity contribution < 1.29 is 23.1 Å². The first-order valence-electron chi connectivity index (χ1n) is 4.76. The summed E-state index contributed by atoms with van der Waals surface area (Å²) in [6, 6.07) is 0. The summed E-state index contributed by atoms with van der Waals surface area (Å²) in [7, 11) is 0. The molecule has 1 N–H and O–H groups in total. The predicted octanol–water partition coefficient (Wildman–Crippen LogP) is 1.71.